The van der Waals surface area contributed by atoms with Crippen LogP contribution in [-0.2, 0) is 11.2 Å². The summed E-state index contributed by atoms with van der Waals surface area (Å²) >= 11 is 0. The predicted molar refractivity (Wildman–Crippen MR) is 121 cm³/mol. The van der Waals surface area contributed by atoms with Gasteiger partial charge >= 0.3 is 0 Å². The fourth-order valence-corrected chi connectivity index (χ4v) is 4.01. The standard InChI is InChI=1S/C23H25FN8O/c24-19-11-15(1-6-20(19)32-10-9-27-14-32)7-8-28-23-29-13-17(12-25)22(31-23)30-18-4-2-16(3-5-18)21(26)33/h1,6,9-11,13-14,16,18H,2-5,7-8H2,(H2,26,33)(H2,28,29,30,31). The molecular formula is C23H25FN8O. The first kappa shape index (κ1) is 22.2. The zero-order valence-corrected chi connectivity index (χ0v) is 18.0. The van der Waals surface area contributed by atoms with Crippen molar-refractivity contribution >= 4 is 17.7 Å². The van der Waals surface area contributed by atoms with Gasteiger partial charge in [-0.25, -0.2) is 14.4 Å². The minimum absolute atomic E-state index is 0.0834. The number of hydrogen-bond donors (Lipinski definition) is 3. The van der Waals surface area contributed by atoms with Gasteiger partial charge in [-0.05, 0) is 49.8 Å². The number of primary amides is 1. The molecule has 0 unspecified atom stereocenters. The molecule has 2 aromatic heterocycles. The molecule has 0 bridgehead atoms. The zero-order valence-electron chi connectivity index (χ0n) is 18.0. The molecule has 0 atom stereocenters. The summed E-state index contributed by atoms with van der Waals surface area (Å²) < 4.78 is 16.1. The van der Waals surface area contributed by atoms with Crippen molar-refractivity contribution in [1.82, 2.24) is 19.5 Å². The second-order valence-electron chi connectivity index (χ2n) is 8.10. The minimum Gasteiger partial charge on any atom is -0.369 e. The van der Waals surface area contributed by atoms with Crippen molar-refractivity contribution in [2.75, 3.05) is 17.2 Å². The van der Waals surface area contributed by atoms with Crippen molar-refractivity contribution in [3.63, 3.8) is 0 Å². The smallest absolute Gasteiger partial charge is 0.224 e. The average molecular weight is 449 g/mol. The van der Waals surface area contributed by atoms with E-state index in [9.17, 15) is 14.4 Å². The summed E-state index contributed by atoms with van der Waals surface area (Å²) in [6, 6.07) is 7.32. The molecule has 1 aliphatic rings. The Labute approximate surface area is 190 Å². The Balaban J connectivity index is 1.35. The van der Waals surface area contributed by atoms with Crippen LogP contribution >= 0.6 is 0 Å². The van der Waals surface area contributed by atoms with Crippen molar-refractivity contribution in [1.29, 1.82) is 5.26 Å². The number of anilines is 2. The van der Waals surface area contributed by atoms with Crippen LogP contribution < -0.4 is 16.4 Å². The monoisotopic (exact) mass is 448 g/mol. The highest BCUT2D eigenvalue weighted by Crippen LogP contribution is 2.27. The van der Waals surface area contributed by atoms with Gasteiger partial charge in [0.1, 0.15) is 23.3 Å². The summed E-state index contributed by atoms with van der Waals surface area (Å²) in [6.07, 6.45) is 9.91. The molecule has 9 nitrogen and oxygen atoms in total. The molecule has 1 aliphatic carbocycles. The Hall–Kier alpha value is -4.00. The fourth-order valence-electron chi connectivity index (χ4n) is 4.01. The molecule has 1 amide bonds. The number of hydrogen-bond acceptors (Lipinski definition) is 7. The number of carbonyl (C=O) groups is 1. The van der Waals surface area contributed by atoms with Gasteiger partial charge in [0.05, 0.1) is 18.2 Å². The number of halogens is 1. The lowest BCUT2D eigenvalue weighted by molar-refractivity contribution is -0.122. The van der Waals surface area contributed by atoms with Crippen molar-refractivity contribution < 1.29 is 9.18 Å². The van der Waals surface area contributed by atoms with Gasteiger partial charge in [0.25, 0.3) is 0 Å². The molecule has 1 saturated carbocycles. The normalized spacial score (nSPS) is 17.8. The Morgan fingerprint density at radius 1 is 1.30 bits per heavy atom. The molecule has 10 heteroatoms. The van der Waals surface area contributed by atoms with E-state index < -0.39 is 0 Å². The van der Waals surface area contributed by atoms with E-state index in [-0.39, 0.29) is 23.7 Å². The quantitative estimate of drug-likeness (QED) is 0.482. The van der Waals surface area contributed by atoms with Crippen LogP contribution in [0.15, 0.2) is 43.1 Å². The number of nitrogens with one attached hydrogen (secondary N) is 2. The topological polar surface area (TPSA) is 135 Å². The van der Waals surface area contributed by atoms with E-state index in [2.05, 4.69) is 31.7 Å². The first-order valence-electron chi connectivity index (χ1n) is 10.9. The molecular weight excluding hydrogens is 423 g/mol. The Morgan fingerprint density at radius 3 is 2.79 bits per heavy atom. The average Bonchev–Trinajstić information content (AvgIpc) is 3.34. The van der Waals surface area contributed by atoms with E-state index in [0.29, 0.717) is 36.0 Å². The summed E-state index contributed by atoms with van der Waals surface area (Å²) in [6.45, 7) is 0.499. The summed E-state index contributed by atoms with van der Waals surface area (Å²) in [4.78, 5) is 24.0. The molecule has 0 spiro atoms. The summed E-state index contributed by atoms with van der Waals surface area (Å²) in [5.41, 5.74) is 7.04. The highest BCUT2D eigenvalue weighted by Gasteiger charge is 2.25. The van der Waals surface area contributed by atoms with Crippen LogP contribution in [0, 0.1) is 23.1 Å². The van der Waals surface area contributed by atoms with Crippen LogP contribution in [0.1, 0.15) is 36.8 Å². The summed E-state index contributed by atoms with van der Waals surface area (Å²) in [5.74, 6) is 0.194. The van der Waals surface area contributed by atoms with Crippen LogP contribution in [0.4, 0.5) is 16.2 Å². The van der Waals surface area contributed by atoms with Crippen molar-refractivity contribution in [3.05, 3.63) is 60.1 Å². The van der Waals surface area contributed by atoms with E-state index in [1.807, 2.05) is 6.07 Å². The SMILES string of the molecule is N#Cc1cnc(NCCc2ccc(-n3ccnc3)c(F)c2)nc1NC1CCC(C(N)=O)CC1. The van der Waals surface area contributed by atoms with E-state index in [0.717, 1.165) is 31.2 Å². The predicted octanol–water partition coefficient (Wildman–Crippen LogP) is 2.78. The van der Waals surface area contributed by atoms with Gasteiger partial charge in [-0.2, -0.15) is 10.2 Å². The number of benzene rings is 1. The van der Waals surface area contributed by atoms with Crippen LogP contribution in [0.25, 0.3) is 5.69 Å². The van der Waals surface area contributed by atoms with Gasteiger partial charge in [0, 0.05) is 30.9 Å². The van der Waals surface area contributed by atoms with Gasteiger partial charge in [-0.1, -0.05) is 6.07 Å². The second-order valence-corrected chi connectivity index (χ2v) is 8.10. The lowest BCUT2D eigenvalue weighted by Gasteiger charge is -2.28. The van der Waals surface area contributed by atoms with Crippen molar-refractivity contribution in [3.8, 4) is 11.8 Å². The van der Waals surface area contributed by atoms with Crippen LogP contribution in [0.2, 0.25) is 0 Å². The maximum Gasteiger partial charge on any atom is 0.224 e. The lowest BCUT2D eigenvalue weighted by Crippen LogP contribution is -2.32. The van der Waals surface area contributed by atoms with E-state index in [1.165, 1.54) is 12.3 Å². The second kappa shape index (κ2) is 10.1. The maximum atomic E-state index is 14.4. The van der Waals surface area contributed by atoms with Crippen LogP contribution in [-0.4, -0.2) is 38.0 Å². The number of aromatic nitrogens is 4. The maximum absolute atomic E-state index is 14.4. The molecule has 1 aromatic carbocycles. The summed E-state index contributed by atoms with van der Waals surface area (Å²) in [7, 11) is 0. The first-order chi connectivity index (χ1) is 16.0. The van der Waals surface area contributed by atoms with Gasteiger partial charge in [-0.15, -0.1) is 0 Å². The molecule has 33 heavy (non-hydrogen) atoms. The Morgan fingerprint density at radius 2 is 2.12 bits per heavy atom. The van der Waals surface area contributed by atoms with Gasteiger partial charge in [0.15, 0.2) is 0 Å². The summed E-state index contributed by atoms with van der Waals surface area (Å²) in [5, 5.41) is 15.9. The third-order valence-electron chi connectivity index (χ3n) is 5.87. The van der Waals surface area contributed by atoms with Gasteiger partial charge in [-0.3, -0.25) is 4.79 Å². The Bertz CT molecular complexity index is 1150. The number of imidazole rings is 1. The molecule has 4 rings (SSSR count). The largest absolute Gasteiger partial charge is 0.369 e. The molecule has 2 heterocycles. The molecule has 170 valence electrons. The van der Waals surface area contributed by atoms with Gasteiger partial charge < -0.3 is 20.9 Å². The molecule has 3 aromatic rings. The number of nitrogens with two attached hydrogens (primary N) is 1. The number of nitriles is 1. The number of amides is 1. The molecule has 0 radical (unpaired) electrons. The third-order valence-corrected chi connectivity index (χ3v) is 5.87. The molecule has 0 aliphatic heterocycles. The number of rotatable bonds is 8. The molecule has 1 fully saturated rings. The zero-order chi connectivity index (χ0) is 23.2. The van der Waals surface area contributed by atoms with Crippen LogP contribution in [0.3, 0.4) is 0 Å². The molecule has 0 saturated heterocycles. The van der Waals surface area contributed by atoms with E-state index >= 15 is 0 Å². The highest BCUT2D eigenvalue weighted by atomic mass is 19.1. The minimum atomic E-state index is -0.322. The Kier molecular flexibility index (Phi) is 6.78. The fraction of sp³-hybridized carbons (Fsp3) is 0.348. The lowest BCUT2D eigenvalue weighted by atomic mass is 9.85. The molecule has 4 N–H and O–H groups in total. The number of carbonyl (C=O) groups excluding carboxylic acids is 1. The number of nitrogens with zero attached hydrogens (tertiary/aromatic N) is 5. The first-order valence-corrected chi connectivity index (χ1v) is 10.9. The van der Waals surface area contributed by atoms with E-state index in [4.69, 9.17) is 5.73 Å². The van der Waals surface area contributed by atoms with Crippen molar-refractivity contribution in [2.24, 2.45) is 11.7 Å². The van der Waals surface area contributed by atoms with E-state index in [1.54, 1.807) is 29.4 Å². The highest BCUT2D eigenvalue weighted by molar-refractivity contribution is 5.76. The van der Waals surface area contributed by atoms with Gasteiger partial charge in [0.2, 0.25) is 11.9 Å². The van der Waals surface area contributed by atoms with Crippen LogP contribution in [0.5, 0.6) is 0 Å². The van der Waals surface area contributed by atoms with Crippen molar-refractivity contribution in [2.45, 2.75) is 38.1 Å². The third kappa shape index (κ3) is 5.44.